The summed E-state index contributed by atoms with van der Waals surface area (Å²) in [6, 6.07) is 20.0. The Balaban J connectivity index is 2.41. The van der Waals surface area contributed by atoms with E-state index in [-0.39, 0.29) is 10.8 Å². The van der Waals surface area contributed by atoms with Gasteiger partial charge in [-0.2, -0.15) is 0 Å². The Morgan fingerprint density at radius 2 is 1.13 bits per heavy atom. The van der Waals surface area contributed by atoms with E-state index in [9.17, 15) is 0 Å². The van der Waals surface area contributed by atoms with Gasteiger partial charge in [0.1, 0.15) is 0 Å². The van der Waals surface area contributed by atoms with Crippen molar-refractivity contribution in [1.29, 1.82) is 0 Å². The van der Waals surface area contributed by atoms with Crippen LogP contribution in [0.1, 0.15) is 71.6 Å². The van der Waals surface area contributed by atoms with Crippen LogP contribution in [0.3, 0.4) is 0 Å². The zero-order chi connectivity index (χ0) is 17.3. The molecule has 2 rings (SSSR count). The van der Waals surface area contributed by atoms with Crippen LogP contribution < -0.4 is 0 Å². The maximum Gasteiger partial charge on any atom is 0.0146 e. The molecular weight excluding hydrogens is 276 g/mol. The summed E-state index contributed by atoms with van der Waals surface area (Å²) < 4.78 is 0. The molecule has 2 aromatic carbocycles. The monoisotopic (exact) mass is 308 g/mol. The molecule has 0 saturated heterocycles. The summed E-state index contributed by atoms with van der Waals surface area (Å²) in [5.41, 5.74) is 4.73. The second-order valence-corrected chi connectivity index (χ2v) is 9.19. The Kier molecular flexibility index (Phi) is 4.76. The third kappa shape index (κ3) is 4.25. The lowest BCUT2D eigenvalue weighted by atomic mass is 9.70. The summed E-state index contributed by atoms with van der Waals surface area (Å²) in [6.07, 6.45) is 1.18. The zero-order valence-corrected chi connectivity index (χ0v) is 15.9. The Morgan fingerprint density at radius 1 is 0.609 bits per heavy atom. The minimum Gasteiger partial charge on any atom is -0.0622 e. The van der Waals surface area contributed by atoms with Gasteiger partial charge < -0.3 is 0 Å². The molecule has 0 N–H and O–H groups in total. The van der Waals surface area contributed by atoms with E-state index in [1.54, 1.807) is 0 Å². The van der Waals surface area contributed by atoms with Gasteiger partial charge in [0, 0.05) is 5.41 Å². The molecule has 0 amide bonds. The van der Waals surface area contributed by atoms with Crippen LogP contribution in [0.2, 0.25) is 0 Å². The molecule has 0 atom stereocenters. The molecule has 0 aliphatic carbocycles. The SMILES string of the molecule is CC(C)(C)CC(C)(C)c1cccc(C(C)(C)c2ccccc2)c1. The van der Waals surface area contributed by atoms with Crippen LogP contribution in [0.5, 0.6) is 0 Å². The summed E-state index contributed by atoms with van der Waals surface area (Å²) >= 11 is 0. The van der Waals surface area contributed by atoms with Crippen molar-refractivity contribution in [2.75, 3.05) is 0 Å². The second-order valence-electron chi connectivity index (χ2n) is 9.19. The summed E-state index contributed by atoms with van der Waals surface area (Å²) in [5.74, 6) is 0. The molecule has 0 aromatic heterocycles. The van der Waals surface area contributed by atoms with Crippen LogP contribution in [0.15, 0.2) is 54.6 Å². The second kappa shape index (κ2) is 6.15. The molecule has 2 aromatic rings. The zero-order valence-electron chi connectivity index (χ0n) is 15.9. The van der Waals surface area contributed by atoms with Crippen molar-refractivity contribution in [3.63, 3.8) is 0 Å². The van der Waals surface area contributed by atoms with Gasteiger partial charge in [0.15, 0.2) is 0 Å². The highest BCUT2D eigenvalue weighted by molar-refractivity contribution is 5.40. The van der Waals surface area contributed by atoms with Crippen molar-refractivity contribution in [3.8, 4) is 0 Å². The molecule has 0 radical (unpaired) electrons. The first-order chi connectivity index (χ1) is 10.5. The van der Waals surface area contributed by atoms with Crippen LogP contribution in [0.4, 0.5) is 0 Å². The Hall–Kier alpha value is -1.56. The first-order valence-electron chi connectivity index (χ1n) is 8.69. The van der Waals surface area contributed by atoms with Gasteiger partial charge in [0.05, 0.1) is 0 Å². The molecule has 0 heterocycles. The van der Waals surface area contributed by atoms with Gasteiger partial charge in [0.25, 0.3) is 0 Å². The maximum absolute atomic E-state index is 2.42. The van der Waals surface area contributed by atoms with Gasteiger partial charge in [-0.05, 0) is 33.9 Å². The largest absolute Gasteiger partial charge is 0.0622 e. The summed E-state index contributed by atoms with van der Waals surface area (Å²) in [7, 11) is 0. The molecule has 0 aliphatic rings. The minimum atomic E-state index is 0.0229. The molecule has 0 spiro atoms. The molecular formula is C23H32. The third-order valence-corrected chi connectivity index (χ3v) is 4.83. The number of hydrogen-bond donors (Lipinski definition) is 0. The van der Waals surface area contributed by atoms with Crippen molar-refractivity contribution in [1.82, 2.24) is 0 Å². The van der Waals surface area contributed by atoms with Crippen LogP contribution in [-0.2, 0) is 10.8 Å². The van der Waals surface area contributed by atoms with Crippen molar-refractivity contribution in [2.24, 2.45) is 5.41 Å². The lowest BCUT2D eigenvalue weighted by Gasteiger charge is -2.34. The van der Waals surface area contributed by atoms with Gasteiger partial charge in [-0.15, -0.1) is 0 Å². The molecule has 124 valence electrons. The smallest absolute Gasteiger partial charge is 0.0146 e. The summed E-state index contributed by atoms with van der Waals surface area (Å²) in [4.78, 5) is 0. The third-order valence-electron chi connectivity index (χ3n) is 4.83. The topological polar surface area (TPSA) is 0 Å². The molecule has 0 saturated carbocycles. The van der Waals surface area contributed by atoms with Gasteiger partial charge in [0.2, 0.25) is 0 Å². The normalized spacial score (nSPS) is 13.2. The molecule has 0 heteroatoms. The van der Waals surface area contributed by atoms with Crippen molar-refractivity contribution < 1.29 is 0 Å². The van der Waals surface area contributed by atoms with E-state index in [1.165, 1.54) is 23.1 Å². The number of rotatable bonds is 4. The van der Waals surface area contributed by atoms with E-state index in [2.05, 4.69) is 103 Å². The fourth-order valence-electron chi connectivity index (χ4n) is 3.78. The lowest BCUT2D eigenvalue weighted by Crippen LogP contribution is -2.26. The number of hydrogen-bond acceptors (Lipinski definition) is 0. The van der Waals surface area contributed by atoms with Crippen molar-refractivity contribution in [2.45, 2.75) is 65.7 Å². The maximum atomic E-state index is 2.42. The van der Waals surface area contributed by atoms with Crippen molar-refractivity contribution in [3.05, 3.63) is 71.3 Å². The first kappa shape index (κ1) is 17.8. The number of benzene rings is 2. The average molecular weight is 309 g/mol. The molecule has 0 aliphatic heterocycles. The van der Waals surface area contributed by atoms with Crippen LogP contribution in [0.25, 0.3) is 0 Å². The Morgan fingerprint density at radius 3 is 1.70 bits per heavy atom. The predicted octanol–water partition coefficient (Wildman–Crippen LogP) is 6.73. The summed E-state index contributed by atoms with van der Waals surface area (Å²) in [6.45, 7) is 16.3. The fourth-order valence-corrected chi connectivity index (χ4v) is 3.78. The predicted molar refractivity (Wildman–Crippen MR) is 102 cm³/mol. The average Bonchev–Trinajstić information content (AvgIpc) is 2.46. The molecule has 0 bridgehead atoms. The van der Waals surface area contributed by atoms with Gasteiger partial charge >= 0.3 is 0 Å². The highest BCUT2D eigenvalue weighted by atomic mass is 14.3. The van der Waals surface area contributed by atoms with E-state index >= 15 is 0 Å². The van der Waals surface area contributed by atoms with Crippen molar-refractivity contribution >= 4 is 0 Å². The fraction of sp³-hybridized carbons (Fsp3) is 0.478. The Bertz CT molecular complexity index is 639. The minimum absolute atomic E-state index is 0.0229. The van der Waals surface area contributed by atoms with E-state index in [4.69, 9.17) is 0 Å². The van der Waals surface area contributed by atoms with Gasteiger partial charge in [-0.1, -0.05) is 103 Å². The van der Waals surface area contributed by atoms with Crippen LogP contribution >= 0.6 is 0 Å². The molecule has 0 nitrogen and oxygen atoms in total. The molecule has 0 unspecified atom stereocenters. The van der Waals surface area contributed by atoms with Gasteiger partial charge in [-0.25, -0.2) is 0 Å². The lowest BCUT2D eigenvalue weighted by molar-refractivity contribution is 0.284. The molecule has 23 heavy (non-hydrogen) atoms. The Labute approximate surface area is 143 Å². The standard InChI is InChI=1S/C23H32/c1-21(2,3)17-22(4,5)19-14-11-15-20(16-19)23(6,7)18-12-9-8-10-13-18/h8-16H,17H2,1-7H3. The van der Waals surface area contributed by atoms with E-state index in [1.807, 2.05) is 0 Å². The quantitative estimate of drug-likeness (QED) is 0.587. The van der Waals surface area contributed by atoms with Gasteiger partial charge in [-0.3, -0.25) is 0 Å². The van der Waals surface area contributed by atoms with E-state index in [0.717, 1.165) is 0 Å². The van der Waals surface area contributed by atoms with E-state index < -0.39 is 0 Å². The highest BCUT2D eigenvalue weighted by Gasteiger charge is 2.29. The van der Waals surface area contributed by atoms with Crippen LogP contribution in [-0.4, -0.2) is 0 Å². The highest BCUT2D eigenvalue weighted by Crippen LogP contribution is 2.38. The van der Waals surface area contributed by atoms with E-state index in [0.29, 0.717) is 5.41 Å². The molecule has 0 fully saturated rings. The first-order valence-corrected chi connectivity index (χ1v) is 8.69. The van der Waals surface area contributed by atoms with Crippen LogP contribution in [0, 0.1) is 5.41 Å². The summed E-state index contributed by atoms with van der Waals surface area (Å²) in [5, 5.41) is 0.